The Morgan fingerprint density at radius 1 is 1.00 bits per heavy atom. The van der Waals surface area contributed by atoms with E-state index in [-0.39, 0.29) is 35.8 Å². The number of hydrogen-bond donors (Lipinski definition) is 3. The maximum atomic E-state index is 13.5. The van der Waals surface area contributed by atoms with Gasteiger partial charge in [0.15, 0.2) is 0 Å². The number of nitrogens with one attached hydrogen (secondary N) is 1. The summed E-state index contributed by atoms with van der Waals surface area (Å²) in [6, 6.07) is 19.5. The SMILES string of the molecule is CCc1cc(-c2ccc(CCC(=O)O)cc2)ccc1S(=O)(=O)N(C)CC(O)CNC(C)(C)CCCc1cccc(F)c1. The Morgan fingerprint density at radius 2 is 1.69 bits per heavy atom. The molecule has 0 fully saturated rings. The van der Waals surface area contributed by atoms with Crippen LogP contribution < -0.4 is 5.32 Å². The molecule has 0 aliphatic carbocycles. The molecule has 0 aliphatic heterocycles. The average molecular weight is 599 g/mol. The highest BCUT2D eigenvalue weighted by Crippen LogP contribution is 2.28. The third kappa shape index (κ3) is 9.73. The van der Waals surface area contributed by atoms with Crippen LogP contribution >= 0.6 is 0 Å². The maximum absolute atomic E-state index is 13.5. The lowest BCUT2D eigenvalue weighted by Gasteiger charge is -2.29. The number of benzene rings is 3. The van der Waals surface area contributed by atoms with Crippen LogP contribution in [0.15, 0.2) is 71.6 Å². The lowest BCUT2D eigenvalue weighted by Crippen LogP contribution is -2.46. The monoisotopic (exact) mass is 598 g/mol. The van der Waals surface area contributed by atoms with Gasteiger partial charge in [-0.3, -0.25) is 4.79 Å². The standard InChI is InChI=1S/C33H43FN2O5S/c1-5-26-21-28(27-14-11-24(12-15-27)13-18-32(38)39)16-17-31(26)42(40,41)36(4)23-30(37)22-35-33(2,3)19-7-9-25-8-6-10-29(34)20-25/h6,8,10-12,14-17,20-21,30,35,37H,5,7,9,13,18-19,22-23H2,1-4H3,(H,38,39). The van der Waals surface area contributed by atoms with Crippen LogP contribution in [0.2, 0.25) is 0 Å². The summed E-state index contributed by atoms with van der Waals surface area (Å²) in [5.74, 6) is -1.08. The largest absolute Gasteiger partial charge is 0.481 e. The molecule has 0 amide bonds. The molecule has 0 heterocycles. The van der Waals surface area contributed by atoms with E-state index in [1.54, 1.807) is 24.3 Å². The Labute approximate surface area is 249 Å². The van der Waals surface area contributed by atoms with Crippen molar-refractivity contribution >= 4 is 16.0 Å². The number of aliphatic hydroxyl groups is 1. The van der Waals surface area contributed by atoms with Crippen LogP contribution in [0, 0.1) is 5.82 Å². The molecule has 0 spiro atoms. The summed E-state index contributed by atoms with van der Waals surface area (Å²) >= 11 is 0. The first-order chi connectivity index (χ1) is 19.8. The fraction of sp³-hybridized carbons (Fsp3) is 0.424. The van der Waals surface area contributed by atoms with E-state index < -0.39 is 22.1 Å². The Morgan fingerprint density at radius 3 is 2.33 bits per heavy atom. The van der Waals surface area contributed by atoms with Gasteiger partial charge < -0.3 is 15.5 Å². The van der Waals surface area contributed by atoms with E-state index in [1.807, 2.05) is 57.2 Å². The molecule has 42 heavy (non-hydrogen) atoms. The van der Waals surface area contributed by atoms with E-state index >= 15 is 0 Å². The molecule has 0 saturated heterocycles. The van der Waals surface area contributed by atoms with Gasteiger partial charge in [-0.2, -0.15) is 4.31 Å². The average Bonchev–Trinajstić information content (AvgIpc) is 2.95. The van der Waals surface area contributed by atoms with Gasteiger partial charge in [0, 0.05) is 32.1 Å². The second kappa shape index (κ2) is 14.9. The number of β-amino-alcohol motifs (C(OH)–C–C–N with tert-alkyl or cyclic N) is 1. The lowest BCUT2D eigenvalue weighted by atomic mass is 9.95. The van der Waals surface area contributed by atoms with Crippen molar-refractivity contribution < 1.29 is 27.8 Å². The minimum Gasteiger partial charge on any atom is -0.481 e. The highest BCUT2D eigenvalue weighted by Gasteiger charge is 2.27. The lowest BCUT2D eigenvalue weighted by molar-refractivity contribution is -0.136. The topological polar surface area (TPSA) is 107 Å². The maximum Gasteiger partial charge on any atom is 0.303 e. The van der Waals surface area contributed by atoms with Crippen molar-refractivity contribution in [1.82, 2.24) is 9.62 Å². The zero-order chi connectivity index (χ0) is 30.9. The number of rotatable bonds is 16. The molecule has 0 aliphatic rings. The molecule has 9 heteroatoms. The van der Waals surface area contributed by atoms with Crippen LogP contribution in [0.4, 0.5) is 4.39 Å². The first kappa shape index (κ1) is 33.4. The van der Waals surface area contributed by atoms with Crippen molar-refractivity contribution in [2.75, 3.05) is 20.1 Å². The number of hydrogen-bond acceptors (Lipinski definition) is 5. The Balaban J connectivity index is 1.58. The summed E-state index contributed by atoms with van der Waals surface area (Å²) in [5, 5.41) is 22.9. The number of carbonyl (C=O) groups is 1. The molecular weight excluding hydrogens is 555 g/mol. The zero-order valence-corrected chi connectivity index (χ0v) is 25.8. The van der Waals surface area contributed by atoms with Gasteiger partial charge in [-0.25, -0.2) is 12.8 Å². The quantitative estimate of drug-likeness (QED) is 0.203. The summed E-state index contributed by atoms with van der Waals surface area (Å²) in [7, 11) is -2.36. The second-order valence-electron chi connectivity index (χ2n) is 11.5. The summed E-state index contributed by atoms with van der Waals surface area (Å²) in [4.78, 5) is 11.0. The molecule has 228 valence electrons. The van der Waals surface area contributed by atoms with Crippen LogP contribution in [-0.2, 0) is 34.1 Å². The van der Waals surface area contributed by atoms with Crippen molar-refractivity contribution in [1.29, 1.82) is 0 Å². The Bertz CT molecular complexity index is 1440. The number of halogens is 1. The zero-order valence-electron chi connectivity index (χ0n) is 24.9. The predicted molar refractivity (Wildman–Crippen MR) is 164 cm³/mol. The number of carboxylic acid groups (broad SMARTS) is 1. The van der Waals surface area contributed by atoms with Crippen LogP contribution in [0.25, 0.3) is 11.1 Å². The Hall–Kier alpha value is -3.11. The van der Waals surface area contributed by atoms with Gasteiger partial charge in [0.2, 0.25) is 10.0 Å². The van der Waals surface area contributed by atoms with Gasteiger partial charge in [-0.05, 0) is 98.0 Å². The first-order valence-electron chi connectivity index (χ1n) is 14.4. The normalized spacial score (nSPS) is 12.9. The van der Waals surface area contributed by atoms with E-state index in [2.05, 4.69) is 5.32 Å². The van der Waals surface area contributed by atoms with Gasteiger partial charge in [-0.1, -0.05) is 49.4 Å². The van der Waals surface area contributed by atoms with Crippen LogP contribution in [0.1, 0.15) is 56.7 Å². The smallest absolute Gasteiger partial charge is 0.303 e. The third-order valence-corrected chi connectivity index (χ3v) is 9.41. The molecule has 0 radical (unpaired) electrons. The molecule has 3 aromatic rings. The van der Waals surface area contributed by atoms with Crippen molar-refractivity contribution in [2.45, 2.75) is 75.8 Å². The molecule has 7 nitrogen and oxygen atoms in total. The minimum atomic E-state index is -3.84. The van der Waals surface area contributed by atoms with Gasteiger partial charge in [0.25, 0.3) is 0 Å². The van der Waals surface area contributed by atoms with Gasteiger partial charge >= 0.3 is 5.97 Å². The fourth-order valence-electron chi connectivity index (χ4n) is 4.94. The number of aliphatic hydroxyl groups excluding tert-OH is 1. The molecule has 1 unspecified atom stereocenters. The van der Waals surface area contributed by atoms with E-state index in [1.165, 1.54) is 17.4 Å². The van der Waals surface area contributed by atoms with E-state index in [0.717, 1.165) is 41.5 Å². The van der Waals surface area contributed by atoms with Gasteiger partial charge in [-0.15, -0.1) is 0 Å². The Kier molecular flexibility index (Phi) is 11.8. The second-order valence-corrected chi connectivity index (χ2v) is 13.5. The number of sulfonamides is 1. The molecule has 1 atom stereocenters. The first-order valence-corrected chi connectivity index (χ1v) is 15.8. The molecule has 0 saturated carbocycles. The number of carboxylic acids is 1. The van der Waals surface area contributed by atoms with E-state index in [4.69, 9.17) is 5.11 Å². The van der Waals surface area contributed by atoms with Crippen LogP contribution in [0.3, 0.4) is 0 Å². The van der Waals surface area contributed by atoms with Gasteiger partial charge in [0.05, 0.1) is 11.0 Å². The highest BCUT2D eigenvalue weighted by atomic mass is 32.2. The number of likely N-dealkylation sites (N-methyl/N-ethyl adjacent to an activating group) is 1. The number of aryl methyl sites for hydroxylation is 3. The summed E-state index contributed by atoms with van der Waals surface area (Å²) in [6.45, 7) is 6.14. The van der Waals surface area contributed by atoms with Crippen molar-refractivity contribution in [2.24, 2.45) is 0 Å². The summed E-state index contributed by atoms with van der Waals surface area (Å²) < 4.78 is 41.6. The molecule has 0 bridgehead atoms. The van der Waals surface area contributed by atoms with E-state index in [9.17, 15) is 22.7 Å². The van der Waals surface area contributed by atoms with Gasteiger partial charge in [0.1, 0.15) is 5.82 Å². The van der Waals surface area contributed by atoms with Crippen molar-refractivity contribution in [3.8, 4) is 11.1 Å². The number of nitrogens with zero attached hydrogens (tertiary/aromatic N) is 1. The highest BCUT2D eigenvalue weighted by molar-refractivity contribution is 7.89. The third-order valence-electron chi connectivity index (χ3n) is 7.48. The van der Waals surface area contributed by atoms with Crippen LogP contribution in [0.5, 0.6) is 0 Å². The van der Waals surface area contributed by atoms with Crippen molar-refractivity contribution in [3.05, 3.63) is 89.2 Å². The fourth-order valence-corrected chi connectivity index (χ4v) is 6.42. The summed E-state index contributed by atoms with van der Waals surface area (Å²) in [5.41, 5.74) is 4.07. The molecule has 3 aromatic carbocycles. The predicted octanol–water partition coefficient (Wildman–Crippen LogP) is 5.44. The molecule has 0 aromatic heterocycles. The van der Waals surface area contributed by atoms with Crippen LogP contribution in [-0.4, -0.2) is 60.7 Å². The van der Waals surface area contributed by atoms with Crippen molar-refractivity contribution in [3.63, 3.8) is 0 Å². The molecular formula is C33H43FN2O5S. The molecule has 3 rings (SSSR count). The number of aliphatic carboxylic acids is 1. The minimum absolute atomic E-state index is 0.0581. The van der Waals surface area contributed by atoms with E-state index in [0.29, 0.717) is 18.4 Å². The molecule has 3 N–H and O–H groups in total. The summed E-state index contributed by atoms with van der Waals surface area (Å²) in [6.07, 6.45) is 2.54.